The molecule has 0 bridgehead atoms. The van der Waals surface area contributed by atoms with Crippen molar-refractivity contribution in [2.24, 2.45) is 0 Å². The Bertz CT molecular complexity index is 384. The molecule has 0 saturated heterocycles. The minimum Gasteiger partial charge on any atom is -0.497 e. The highest BCUT2D eigenvalue weighted by Crippen LogP contribution is 2.29. The maximum absolute atomic E-state index is 5.38. The lowest BCUT2D eigenvalue weighted by Crippen LogP contribution is -2.20. The maximum atomic E-state index is 5.38. The van der Waals surface area contributed by atoms with Crippen molar-refractivity contribution in [1.82, 2.24) is 5.32 Å². The average molecular weight is 282 g/mol. The van der Waals surface area contributed by atoms with E-state index in [-0.39, 0.29) is 6.04 Å². The number of hydrogen-bond acceptors (Lipinski definition) is 2. The quantitative estimate of drug-likeness (QED) is 0.838. The lowest BCUT2D eigenvalue weighted by atomic mass is 10.0. The number of hydrogen-bond donors (Lipinski definition) is 1. The Morgan fingerprint density at radius 2 is 2.31 bits per heavy atom. The molecule has 1 atom stereocenters. The summed E-state index contributed by atoms with van der Waals surface area (Å²) >= 11 is 3.54. The van der Waals surface area contributed by atoms with Gasteiger partial charge in [-0.15, -0.1) is 12.3 Å². The topological polar surface area (TPSA) is 21.3 Å². The summed E-state index contributed by atoms with van der Waals surface area (Å²) in [7, 11) is 1.66. The van der Waals surface area contributed by atoms with Gasteiger partial charge < -0.3 is 10.1 Å². The first-order valence-electron chi connectivity index (χ1n) is 5.23. The molecule has 0 radical (unpaired) electrons. The minimum atomic E-state index is 0.166. The lowest BCUT2D eigenvalue weighted by Gasteiger charge is -2.18. The smallest absolute Gasteiger partial charge is 0.119 e. The Labute approximate surface area is 106 Å². The summed E-state index contributed by atoms with van der Waals surface area (Å²) in [6.07, 6.45) is 6.05. The van der Waals surface area contributed by atoms with Gasteiger partial charge in [0.05, 0.1) is 7.11 Å². The van der Waals surface area contributed by atoms with Crippen molar-refractivity contribution in [2.45, 2.75) is 19.4 Å². The third-order valence-electron chi connectivity index (χ3n) is 2.35. The molecule has 2 nitrogen and oxygen atoms in total. The molecule has 0 aliphatic rings. The van der Waals surface area contributed by atoms with Crippen LogP contribution in [-0.2, 0) is 0 Å². The second-order valence-corrected chi connectivity index (χ2v) is 4.26. The zero-order valence-corrected chi connectivity index (χ0v) is 11.2. The van der Waals surface area contributed by atoms with E-state index in [0.717, 1.165) is 22.3 Å². The predicted octanol–water partition coefficient (Wildman–Crippen LogP) is 3.13. The van der Waals surface area contributed by atoms with E-state index in [0.29, 0.717) is 6.42 Å². The molecule has 1 aromatic carbocycles. The Kier molecular flexibility index (Phi) is 5.37. The molecule has 86 valence electrons. The van der Waals surface area contributed by atoms with Crippen LogP contribution in [0.25, 0.3) is 0 Å². The van der Waals surface area contributed by atoms with Crippen molar-refractivity contribution in [3.05, 3.63) is 28.2 Å². The zero-order chi connectivity index (χ0) is 12.0. The molecule has 1 unspecified atom stereocenters. The van der Waals surface area contributed by atoms with E-state index in [9.17, 15) is 0 Å². The number of ether oxygens (including phenoxy) is 1. The summed E-state index contributed by atoms with van der Waals surface area (Å²) in [5.74, 6) is 3.54. The summed E-state index contributed by atoms with van der Waals surface area (Å²) in [5, 5.41) is 3.36. The van der Waals surface area contributed by atoms with Crippen LogP contribution in [0, 0.1) is 12.3 Å². The summed E-state index contributed by atoms with van der Waals surface area (Å²) < 4.78 is 6.27. The molecule has 0 heterocycles. The van der Waals surface area contributed by atoms with Crippen LogP contribution in [0.1, 0.15) is 24.9 Å². The molecule has 1 aromatic rings. The van der Waals surface area contributed by atoms with Crippen LogP contribution in [0.15, 0.2) is 22.7 Å². The summed E-state index contributed by atoms with van der Waals surface area (Å²) in [6, 6.07) is 6.08. The number of nitrogens with one attached hydrogen (secondary N) is 1. The second-order valence-electron chi connectivity index (χ2n) is 3.41. The molecule has 0 fully saturated rings. The van der Waals surface area contributed by atoms with Crippen LogP contribution >= 0.6 is 15.9 Å². The van der Waals surface area contributed by atoms with Crippen LogP contribution in [0.3, 0.4) is 0 Å². The van der Waals surface area contributed by atoms with Gasteiger partial charge in [0.15, 0.2) is 0 Å². The molecule has 0 aliphatic heterocycles. The number of methoxy groups -OCH3 is 1. The standard InChI is InChI=1S/C13H16BrNO/c1-4-6-13(15-5-2)11-9-10(16-3)7-8-12(11)14/h1,7-9,13,15H,5-6H2,2-3H3. The summed E-state index contributed by atoms with van der Waals surface area (Å²) in [6.45, 7) is 2.95. The van der Waals surface area contributed by atoms with Gasteiger partial charge in [-0.1, -0.05) is 22.9 Å². The molecule has 1 rings (SSSR count). The van der Waals surface area contributed by atoms with Gasteiger partial charge in [-0.25, -0.2) is 0 Å². The molecule has 3 heteroatoms. The molecule has 0 amide bonds. The molecule has 0 aliphatic carbocycles. The first-order chi connectivity index (χ1) is 7.72. The summed E-state index contributed by atoms with van der Waals surface area (Å²) in [5.41, 5.74) is 1.14. The predicted molar refractivity (Wildman–Crippen MR) is 70.6 cm³/mol. The highest BCUT2D eigenvalue weighted by atomic mass is 79.9. The van der Waals surface area contributed by atoms with E-state index in [1.807, 2.05) is 18.2 Å². The summed E-state index contributed by atoms with van der Waals surface area (Å²) in [4.78, 5) is 0. The van der Waals surface area contributed by atoms with Crippen LogP contribution in [-0.4, -0.2) is 13.7 Å². The zero-order valence-electron chi connectivity index (χ0n) is 9.59. The van der Waals surface area contributed by atoms with Crippen LogP contribution in [0.2, 0.25) is 0 Å². The molecule has 1 N–H and O–H groups in total. The van der Waals surface area contributed by atoms with E-state index < -0.39 is 0 Å². The van der Waals surface area contributed by atoms with Gasteiger partial charge in [-0.05, 0) is 30.3 Å². The molecule has 16 heavy (non-hydrogen) atoms. The molecule has 0 spiro atoms. The molecule has 0 aromatic heterocycles. The lowest BCUT2D eigenvalue weighted by molar-refractivity contribution is 0.413. The Balaban J connectivity index is 3.02. The van der Waals surface area contributed by atoms with Gasteiger partial charge in [-0.3, -0.25) is 0 Å². The van der Waals surface area contributed by atoms with E-state index in [1.54, 1.807) is 7.11 Å². The van der Waals surface area contributed by atoms with Gasteiger partial charge in [0.25, 0.3) is 0 Å². The van der Waals surface area contributed by atoms with E-state index >= 15 is 0 Å². The van der Waals surface area contributed by atoms with Crippen molar-refractivity contribution >= 4 is 15.9 Å². The van der Waals surface area contributed by atoms with Crippen LogP contribution in [0.5, 0.6) is 5.75 Å². The molecular formula is C13H16BrNO. The van der Waals surface area contributed by atoms with E-state index in [1.165, 1.54) is 0 Å². The Morgan fingerprint density at radius 1 is 1.56 bits per heavy atom. The fraction of sp³-hybridized carbons (Fsp3) is 0.385. The fourth-order valence-corrected chi connectivity index (χ4v) is 2.10. The highest BCUT2D eigenvalue weighted by molar-refractivity contribution is 9.10. The monoisotopic (exact) mass is 281 g/mol. The van der Waals surface area contributed by atoms with E-state index in [2.05, 4.69) is 34.1 Å². The minimum absolute atomic E-state index is 0.166. The van der Waals surface area contributed by atoms with Gasteiger partial charge in [-0.2, -0.15) is 0 Å². The van der Waals surface area contributed by atoms with Crippen LogP contribution in [0.4, 0.5) is 0 Å². The first-order valence-corrected chi connectivity index (χ1v) is 6.02. The Hall–Kier alpha value is -0.980. The first kappa shape index (κ1) is 13.1. The number of benzene rings is 1. The second kappa shape index (κ2) is 6.57. The normalized spacial score (nSPS) is 11.9. The molecular weight excluding hydrogens is 266 g/mol. The van der Waals surface area contributed by atoms with E-state index in [4.69, 9.17) is 11.2 Å². The number of halogens is 1. The van der Waals surface area contributed by atoms with Crippen molar-refractivity contribution in [3.63, 3.8) is 0 Å². The van der Waals surface area contributed by atoms with Gasteiger partial charge in [0.1, 0.15) is 5.75 Å². The maximum Gasteiger partial charge on any atom is 0.119 e. The Morgan fingerprint density at radius 3 is 2.88 bits per heavy atom. The third kappa shape index (κ3) is 3.26. The van der Waals surface area contributed by atoms with Crippen molar-refractivity contribution in [1.29, 1.82) is 0 Å². The number of rotatable bonds is 5. The SMILES string of the molecule is C#CCC(NCC)c1cc(OC)ccc1Br. The van der Waals surface area contributed by atoms with Crippen molar-refractivity contribution in [2.75, 3.05) is 13.7 Å². The third-order valence-corrected chi connectivity index (χ3v) is 3.07. The van der Waals surface area contributed by atoms with Gasteiger partial charge in [0.2, 0.25) is 0 Å². The fourth-order valence-electron chi connectivity index (χ4n) is 1.57. The van der Waals surface area contributed by atoms with Crippen molar-refractivity contribution in [3.8, 4) is 18.1 Å². The van der Waals surface area contributed by atoms with Crippen molar-refractivity contribution < 1.29 is 4.74 Å². The largest absolute Gasteiger partial charge is 0.497 e. The molecule has 0 saturated carbocycles. The van der Waals surface area contributed by atoms with Crippen LogP contribution < -0.4 is 10.1 Å². The van der Waals surface area contributed by atoms with Gasteiger partial charge >= 0.3 is 0 Å². The van der Waals surface area contributed by atoms with Gasteiger partial charge in [0, 0.05) is 16.9 Å². The average Bonchev–Trinajstić information content (AvgIpc) is 2.29. The number of terminal acetylenes is 1. The highest BCUT2D eigenvalue weighted by Gasteiger charge is 2.13.